The topological polar surface area (TPSA) is 20.3 Å². The highest BCUT2D eigenvalue weighted by Gasteiger charge is 2.14. The summed E-state index contributed by atoms with van der Waals surface area (Å²) in [6, 6.07) is -0.0862. The van der Waals surface area contributed by atoms with E-state index in [0.717, 1.165) is 12.8 Å². The van der Waals surface area contributed by atoms with E-state index in [-0.39, 0.29) is 11.7 Å². The lowest BCUT2D eigenvalue weighted by Gasteiger charge is -2.21. The van der Waals surface area contributed by atoms with Crippen LogP contribution in [0, 0.1) is 0 Å². The summed E-state index contributed by atoms with van der Waals surface area (Å²) in [5.74, 6) is 0. The molecule has 0 N–H and O–H groups in total. The van der Waals surface area contributed by atoms with E-state index in [1.54, 1.807) is 0 Å². The number of hydrogen-bond acceptors (Lipinski definition) is 2. The number of hydrogen-bond donors (Lipinski definition) is 0. The molecule has 0 fully saturated rings. The third-order valence-electron chi connectivity index (χ3n) is 2.28. The van der Waals surface area contributed by atoms with Crippen LogP contribution < -0.4 is 0 Å². The average molecular weight is 181 g/mol. The minimum atomic E-state index is -0.207. The molecule has 3 heteroatoms. The predicted molar refractivity (Wildman–Crippen MR) is 57.0 cm³/mol. The van der Waals surface area contributed by atoms with Gasteiger partial charge >= 0.3 is 0 Å². The van der Waals surface area contributed by atoms with Crippen LogP contribution in [-0.2, 0) is 4.79 Å². The largest absolute Gasteiger partial charge is 0.311 e. The smallest absolute Gasteiger partial charge is 0.170 e. The maximum atomic E-state index is 11.0. The van der Waals surface area contributed by atoms with Crippen LogP contribution in [0.5, 0.6) is 0 Å². The Morgan fingerprint density at radius 2 is 1.92 bits per heavy atom. The summed E-state index contributed by atoms with van der Waals surface area (Å²) in [7, 11) is 9.07. The molecule has 2 nitrogen and oxygen atoms in total. The van der Waals surface area contributed by atoms with Crippen LogP contribution in [0.1, 0.15) is 39.0 Å². The predicted octanol–water partition coefficient (Wildman–Crippen LogP) is 1.58. The third-order valence-corrected chi connectivity index (χ3v) is 2.28. The van der Waals surface area contributed by atoms with Crippen LogP contribution in [0.2, 0.25) is 0 Å². The van der Waals surface area contributed by atoms with Gasteiger partial charge in [0.15, 0.2) is 7.85 Å². The van der Waals surface area contributed by atoms with Crippen molar-refractivity contribution in [2.75, 3.05) is 14.1 Å². The van der Waals surface area contributed by atoms with Gasteiger partial charge in [0.2, 0.25) is 0 Å². The van der Waals surface area contributed by atoms with Gasteiger partial charge in [-0.05, 0) is 20.5 Å². The first-order chi connectivity index (χ1) is 6.09. The summed E-state index contributed by atoms with van der Waals surface area (Å²) in [6.07, 6.45) is 5.66. The average Bonchev–Trinajstić information content (AvgIpc) is 2.02. The summed E-state index contributed by atoms with van der Waals surface area (Å²) in [5.41, 5.74) is -0.207. The van der Waals surface area contributed by atoms with Crippen molar-refractivity contribution in [3.8, 4) is 0 Å². The standard InChI is InChI=1S/C10H20BNO/c1-4-5-6-7-8-9(10(11)13)12(2)3/h9H,4-8H2,1-3H3. The van der Waals surface area contributed by atoms with E-state index in [4.69, 9.17) is 7.85 Å². The lowest BCUT2D eigenvalue weighted by Crippen LogP contribution is -2.35. The number of carbonyl (C=O) groups is 1. The van der Waals surface area contributed by atoms with Crippen LogP contribution in [0.4, 0.5) is 0 Å². The van der Waals surface area contributed by atoms with Gasteiger partial charge in [-0.15, -0.1) is 0 Å². The Morgan fingerprint density at radius 3 is 2.31 bits per heavy atom. The first-order valence-corrected chi connectivity index (χ1v) is 5.05. The number of likely N-dealkylation sites (N-methyl/N-ethyl adjacent to an activating group) is 1. The van der Waals surface area contributed by atoms with Gasteiger partial charge in [0.1, 0.15) is 0 Å². The van der Waals surface area contributed by atoms with Crippen molar-refractivity contribution in [1.29, 1.82) is 0 Å². The number of unbranched alkanes of at least 4 members (excludes halogenated alkanes) is 3. The van der Waals surface area contributed by atoms with Gasteiger partial charge < -0.3 is 9.69 Å². The van der Waals surface area contributed by atoms with Crippen molar-refractivity contribution in [3.05, 3.63) is 0 Å². The molecule has 2 radical (unpaired) electrons. The molecule has 0 aliphatic rings. The molecule has 0 spiro atoms. The van der Waals surface area contributed by atoms with E-state index in [1.165, 1.54) is 19.3 Å². The van der Waals surface area contributed by atoms with Gasteiger partial charge in [0.25, 0.3) is 0 Å². The maximum absolute atomic E-state index is 11.0. The molecule has 0 saturated heterocycles. The van der Waals surface area contributed by atoms with Gasteiger partial charge in [-0.1, -0.05) is 32.6 Å². The Labute approximate surface area is 83.1 Å². The number of nitrogens with zero attached hydrogens (tertiary/aromatic N) is 1. The molecule has 0 bridgehead atoms. The quantitative estimate of drug-likeness (QED) is 0.439. The fourth-order valence-corrected chi connectivity index (χ4v) is 1.42. The van der Waals surface area contributed by atoms with Gasteiger partial charge in [-0.3, -0.25) is 0 Å². The molecule has 0 saturated carbocycles. The highest BCUT2D eigenvalue weighted by atomic mass is 16.1. The number of carbonyl (C=O) groups excluding carboxylic acids is 1. The van der Waals surface area contributed by atoms with E-state index in [9.17, 15) is 4.79 Å². The Bertz CT molecular complexity index is 148. The van der Waals surface area contributed by atoms with Gasteiger partial charge in [-0.2, -0.15) is 0 Å². The second kappa shape index (κ2) is 7.13. The molecule has 0 aliphatic heterocycles. The van der Waals surface area contributed by atoms with E-state index >= 15 is 0 Å². The summed E-state index contributed by atoms with van der Waals surface area (Å²) in [4.78, 5) is 12.9. The molecule has 0 aromatic heterocycles. The van der Waals surface area contributed by atoms with Crippen molar-refractivity contribution < 1.29 is 4.79 Å². The zero-order valence-corrected chi connectivity index (χ0v) is 9.05. The summed E-state index contributed by atoms with van der Waals surface area (Å²) in [5, 5.41) is 0. The molecule has 0 heterocycles. The Hall–Kier alpha value is -0.305. The van der Waals surface area contributed by atoms with Crippen molar-refractivity contribution in [3.63, 3.8) is 0 Å². The number of rotatable bonds is 7. The normalized spacial score (nSPS) is 13.2. The lowest BCUT2D eigenvalue weighted by atomic mass is 9.90. The fourth-order valence-electron chi connectivity index (χ4n) is 1.42. The lowest BCUT2D eigenvalue weighted by molar-refractivity contribution is -0.116. The molecule has 1 unspecified atom stereocenters. The van der Waals surface area contributed by atoms with Crippen LogP contribution in [0.15, 0.2) is 0 Å². The monoisotopic (exact) mass is 181 g/mol. The van der Waals surface area contributed by atoms with Gasteiger partial charge in [-0.25, -0.2) is 0 Å². The highest BCUT2D eigenvalue weighted by Crippen LogP contribution is 2.08. The van der Waals surface area contributed by atoms with E-state index in [1.807, 2.05) is 19.0 Å². The van der Waals surface area contributed by atoms with Crippen molar-refractivity contribution >= 4 is 13.5 Å². The molecule has 0 aromatic rings. The molecule has 1 atom stereocenters. The molecule has 0 rings (SSSR count). The molecular weight excluding hydrogens is 161 g/mol. The van der Waals surface area contributed by atoms with E-state index < -0.39 is 0 Å². The van der Waals surface area contributed by atoms with E-state index in [2.05, 4.69) is 6.92 Å². The fraction of sp³-hybridized carbons (Fsp3) is 0.900. The van der Waals surface area contributed by atoms with E-state index in [0.29, 0.717) is 0 Å². The molecule has 13 heavy (non-hydrogen) atoms. The molecule has 0 aromatic carbocycles. The Kier molecular flexibility index (Phi) is 6.97. The Morgan fingerprint density at radius 1 is 1.31 bits per heavy atom. The SMILES string of the molecule is [B]C(=O)C(CCCCCC)N(C)C. The minimum Gasteiger partial charge on any atom is -0.311 e. The second-order valence-electron chi connectivity index (χ2n) is 3.73. The zero-order chi connectivity index (χ0) is 10.3. The Balaban J connectivity index is 3.64. The minimum absolute atomic E-state index is 0.0862. The van der Waals surface area contributed by atoms with Crippen molar-refractivity contribution in [2.24, 2.45) is 0 Å². The molecule has 0 aliphatic carbocycles. The van der Waals surface area contributed by atoms with Crippen LogP contribution >= 0.6 is 0 Å². The summed E-state index contributed by atoms with van der Waals surface area (Å²) in [6.45, 7) is 2.18. The first kappa shape index (κ1) is 12.7. The first-order valence-electron chi connectivity index (χ1n) is 5.05. The molecule has 0 amide bonds. The van der Waals surface area contributed by atoms with Gasteiger partial charge in [0, 0.05) is 0 Å². The van der Waals surface area contributed by atoms with Crippen LogP contribution in [-0.4, -0.2) is 38.6 Å². The third kappa shape index (κ3) is 5.86. The highest BCUT2D eigenvalue weighted by molar-refractivity contribution is 6.59. The van der Waals surface area contributed by atoms with Crippen molar-refractivity contribution in [2.45, 2.75) is 45.1 Å². The zero-order valence-electron chi connectivity index (χ0n) is 9.05. The molecular formula is C10H20BNO. The maximum Gasteiger partial charge on any atom is 0.170 e. The van der Waals surface area contributed by atoms with Crippen LogP contribution in [0.25, 0.3) is 0 Å². The van der Waals surface area contributed by atoms with Crippen molar-refractivity contribution in [1.82, 2.24) is 4.90 Å². The van der Waals surface area contributed by atoms with Crippen LogP contribution in [0.3, 0.4) is 0 Å². The second-order valence-corrected chi connectivity index (χ2v) is 3.73. The molecule has 74 valence electrons. The summed E-state index contributed by atoms with van der Waals surface area (Å²) < 4.78 is 0. The summed E-state index contributed by atoms with van der Waals surface area (Å²) >= 11 is 0. The van der Waals surface area contributed by atoms with Gasteiger partial charge in [0.05, 0.1) is 11.7 Å².